The first-order valence-electron chi connectivity index (χ1n) is 43.9. The smallest absolute Gasteiger partial charge is 0.407 e. The molecule has 662 valence electrons. The molecule has 0 aromatic heterocycles. The Morgan fingerprint density at radius 3 is 1.57 bits per heavy atom. The molecule has 11 atom stereocenters. The van der Waals surface area contributed by atoms with Crippen molar-refractivity contribution < 1.29 is 94.1 Å². The zero-order chi connectivity index (χ0) is 84.7. The highest BCUT2D eigenvalue weighted by Gasteiger charge is 2.61. The van der Waals surface area contributed by atoms with E-state index in [9.17, 15) is 42.0 Å². The molecule has 4 fully saturated rings. The number of esters is 1. The van der Waals surface area contributed by atoms with Crippen molar-refractivity contribution >= 4 is 51.6 Å². The lowest BCUT2D eigenvalue weighted by atomic mass is 9.44. The number of carbonyl (C=O) groups excluding carboxylic acids is 7. The Kier molecular flexibility index (Phi) is 42.0. The molecule has 0 saturated heterocycles. The molecule has 0 bridgehead atoms. The normalized spacial score (nSPS) is 21.5. The van der Waals surface area contributed by atoms with Crippen LogP contribution in [-0.2, 0) is 90.9 Å². The van der Waals surface area contributed by atoms with Gasteiger partial charge >= 0.3 is 12.1 Å². The Morgan fingerprint density at radius 2 is 1.03 bits per heavy atom. The van der Waals surface area contributed by atoms with Crippen LogP contribution in [0, 0.1) is 65.1 Å². The lowest BCUT2D eigenvalue weighted by Crippen LogP contribution is -2.54. The topological polar surface area (TPSA) is 345 Å². The van der Waals surface area contributed by atoms with Crippen LogP contribution >= 0.6 is 0 Å². The van der Waals surface area contributed by atoms with E-state index in [1.54, 1.807) is 24.3 Å². The monoisotopic (exact) mass is 1670 g/mol. The fourth-order valence-electron chi connectivity index (χ4n) is 18.7. The molecule has 8 rings (SSSR count). The Hall–Kier alpha value is -6.70. The predicted molar refractivity (Wildman–Crippen MR) is 450 cm³/mol. The molecule has 118 heavy (non-hydrogen) atoms. The summed E-state index contributed by atoms with van der Waals surface area (Å²) >= 11 is 0. The lowest BCUT2D eigenvalue weighted by Gasteiger charge is -2.61. The molecule has 4 saturated carbocycles. The van der Waals surface area contributed by atoms with E-state index in [0.717, 1.165) is 82.6 Å². The van der Waals surface area contributed by atoms with Crippen molar-refractivity contribution in [3.05, 3.63) is 89.5 Å². The maximum atomic E-state index is 14.2. The Balaban J connectivity index is 0.545. The van der Waals surface area contributed by atoms with Gasteiger partial charge in [0.15, 0.2) is 0 Å². The Morgan fingerprint density at radius 1 is 0.517 bits per heavy atom. The molecule has 28 heteroatoms. The number of primary amides is 1. The number of nitrogens with two attached hydrogens (primary N) is 1. The molecule has 7 N–H and O–H groups in total. The van der Waals surface area contributed by atoms with Crippen molar-refractivity contribution in [1.82, 2.24) is 30.9 Å². The molecule has 5 aliphatic rings. The quantitative estimate of drug-likeness (QED) is 0.0226. The van der Waals surface area contributed by atoms with Crippen LogP contribution in [0.3, 0.4) is 0 Å². The highest BCUT2D eigenvalue weighted by atomic mass is 32.2. The van der Waals surface area contributed by atoms with Crippen LogP contribution in [0.5, 0.6) is 0 Å². The molecule has 0 aliphatic heterocycles. The summed E-state index contributed by atoms with van der Waals surface area (Å²) in [6.07, 6.45) is 15.0. The van der Waals surface area contributed by atoms with E-state index >= 15 is 0 Å². The SMILES string of the molecule is Cc1ccc(S(=O)(=O)N(CC(C)C)[C@@H](CCCCNC(=O)OCC2c3ccccc3-c3ccccc32)C(=O)NCCOCCOCCOCCC(=O)NCCOCCOCCOCCC(=O)NCCOCCOCCOCCC(=O)N[C@@H](CC(=O)O[C@H]2CC[C@@]3(C)[C@@H](CC[C@@H]4[C@@H]3CC[C@]3(C)[C@@H]([C@H](C)CCCC(C)C)CC[C@@H]43)C2)C(N)=O)cc1. The fraction of sp³-hybridized carbons (Fsp3) is 0.722. The molecule has 5 aliphatic carbocycles. The third kappa shape index (κ3) is 31.0. The number of nitrogens with one attached hydrogen (secondary N) is 5. The first-order valence-corrected chi connectivity index (χ1v) is 45.3. The number of hydrogen-bond acceptors (Lipinski definition) is 20. The first kappa shape index (κ1) is 96.8. The van der Waals surface area contributed by atoms with E-state index in [0.29, 0.717) is 90.1 Å². The van der Waals surface area contributed by atoms with Crippen LogP contribution in [0.15, 0.2) is 77.7 Å². The third-order valence-electron chi connectivity index (χ3n) is 24.8. The highest BCUT2D eigenvalue weighted by Crippen LogP contribution is 2.68. The molecule has 3 aromatic rings. The fourth-order valence-corrected chi connectivity index (χ4v) is 20.5. The van der Waals surface area contributed by atoms with Gasteiger partial charge in [-0.15, -0.1) is 0 Å². The molecule has 6 amide bonds. The summed E-state index contributed by atoms with van der Waals surface area (Å²) in [5.41, 5.74) is 11.8. The van der Waals surface area contributed by atoms with E-state index in [2.05, 4.69) is 85.5 Å². The Labute approximate surface area is 702 Å². The molecule has 0 heterocycles. The minimum absolute atomic E-state index is 0.0259. The number of aryl methyl sites for hydroxylation is 1. The number of hydrogen-bond donors (Lipinski definition) is 6. The predicted octanol–water partition coefficient (Wildman–Crippen LogP) is 10.8. The standard InChI is InChI=1S/C90H141N7O20S/c1-64(2)16-15-17-67(6)77-29-30-78-75-28-25-68-60-69(31-36-89(68,7)79(75)32-37-90(77,78)8)117-85(101)61-80(86(91)102)96-84(100)35-44-109-50-56-115-58-52-111-46-40-93-82(98)33-42-107-48-54-113-57-51-110-45-39-92-83(99)34-43-108-49-55-114-59-53-112-47-41-94-87(103)81(97(62-65(3)4)118(105,106)70-26-23-66(5)24-27-70)22-13-14-38-95-88(104)116-63-76-73-20-11-9-18-71(73)72-19-10-12-21-74(72)76/h9-12,18-21,23-24,26-27,64-65,67-69,75-81H,13-17,22,25,28-63H2,1-8H3,(H2,91,102)(H,92,99)(H,93,98)(H,94,103)(H,95,104)(H,96,100)/t67-,68+,69+,75+,77-,78+,79+,80+,81+,89+,90-/m1/s1. The Bertz CT molecular complexity index is 3600. The lowest BCUT2D eigenvalue weighted by molar-refractivity contribution is -0.163. The van der Waals surface area contributed by atoms with Crippen LogP contribution in [0.25, 0.3) is 11.1 Å². The van der Waals surface area contributed by atoms with Crippen LogP contribution in [0.4, 0.5) is 4.79 Å². The molecule has 0 radical (unpaired) electrons. The van der Waals surface area contributed by atoms with Gasteiger partial charge < -0.3 is 84.4 Å². The zero-order valence-corrected chi connectivity index (χ0v) is 72.7. The summed E-state index contributed by atoms with van der Waals surface area (Å²) in [6, 6.07) is 20.6. The largest absolute Gasteiger partial charge is 0.462 e. The van der Waals surface area contributed by atoms with Gasteiger partial charge in [-0.25, -0.2) is 13.2 Å². The van der Waals surface area contributed by atoms with Crippen molar-refractivity contribution in [3.8, 4) is 11.1 Å². The summed E-state index contributed by atoms with van der Waals surface area (Å²) in [5.74, 6) is 2.52. The van der Waals surface area contributed by atoms with Crippen LogP contribution < -0.4 is 32.3 Å². The van der Waals surface area contributed by atoms with Gasteiger partial charge in [-0.3, -0.25) is 28.8 Å². The molecular formula is C90H141N7O20S. The van der Waals surface area contributed by atoms with Gasteiger partial charge in [-0.05, 0) is 177 Å². The average molecular weight is 1670 g/mol. The maximum Gasteiger partial charge on any atom is 0.407 e. The molecule has 0 unspecified atom stereocenters. The van der Waals surface area contributed by atoms with Gasteiger partial charge in [0.05, 0.1) is 130 Å². The van der Waals surface area contributed by atoms with E-state index in [-0.39, 0.29) is 164 Å². The molecule has 0 spiro atoms. The number of fused-ring (bicyclic) bond motifs is 8. The highest BCUT2D eigenvalue weighted by molar-refractivity contribution is 7.89. The maximum absolute atomic E-state index is 14.2. The number of carbonyl (C=O) groups is 7. The average Bonchev–Trinajstić information content (AvgIpc) is 1.70. The summed E-state index contributed by atoms with van der Waals surface area (Å²) in [7, 11) is -4.08. The molecule has 3 aromatic carbocycles. The van der Waals surface area contributed by atoms with Crippen molar-refractivity contribution in [1.29, 1.82) is 0 Å². The van der Waals surface area contributed by atoms with Crippen molar-refractivity contribution in [3.63, 3.8) is 0 Å². The summed E-state index contributed by atoms with van der Waals surface area (Å²) in [6.45, 7) is 24.3. The van der Waals surface area contributed by atoms with Gasteiger partial charge in [0.25, 0.3) is 0 Å². The van der Waals surface area contributed by atoms with Gasteiger partial charge in [-0.2, -0.15) is 4.31 Å². The number of benzene rings is 3. The van der Waals surface area contributed by atoms with E-state index in [1.807, 2.05) is 45.0 Å². The van der Waals surface area contributed by atoms with Crippen LogP contribution in [0.1, 0.15) is 193 Å². The number of unbranched alkanes of at least 4 members (excludes halogenated alkanes) is 1. The van der Waals surface area contributed by atoms with E-state index in [4.69, 9.17) is 57.8 Å². The van der Waals surface area contributed by atoms with Gasteiger partial charge in [-0.1, -0.05) is 134 Å². The first-order chi connectivity index (χ1) is 56.9. The van der Waals surface area contributed by atoms with Crippen molar-refractivity contribution in [2.24, 2.45) is 63.9 Å². The summed E-state index contributed by atoms with van der Waals surface area (Å²) < 4.78 is 91.6. The van der Waals surface area contributed by atoms with Crippen LogP contribution in [-0.4, -0.2) is 231 Å². The van der Waals surface area contributed by atoms with Crippen molar-refractivity contribution in [2.45, 2.75) is 206 Å². The third-order valence-corrected chi connectivity index (χ3v) is 26.7. The second-order valence-corrected chi connectivity index (χ2v) is 36.0. The minimum atomic E-state index is -4.08. The molecular weight excluding hydrogens is 1530 g/mol. The van der Waals surface area contributed by atoms with E-state index in [1.165, 1.54) is 62.1 Å². The number of alkyl carbamates (subject to hydrolysis) is 1. The summed E-state index contributed by atoms with van der Waals surface area (Å²) in [4.78, 5) is 89.9. The number of ether oxygens (including phenoxy) is 11. The van der Waals surface area contributed by atoms with Crippen LogP contribution in [0.2, 0.25) is 0 Å². The second-order valence-electron chi connectivity index (χ2n) is 34.1. The minimum Gasteiger partial charge on any atom is -0.462 e. The van der Waals surface area contributed by atoms with Crippen molar-refractivity contribution in [2.75, 3.05) is 158 Å². The zero-order valence-electron chi connectivity index (χ0n) is 71.9. The number of nitrogens with zero attached hydrogens (tertiary/aromatic N) is 1. The molecule has 27 nitrogen and oxygen atoms in total. The second kappa shape index (κ2) is 51.3. The number of sulfonamides is 1. The van der Waals surface area contributed by atoms with Gasteiger partial charge in [0.2, 0.25) is 39.6 Å². The van der Waals surface area contributed by atoms with Gasteiger partial charge in [0, 0.05) is 57.9 Å². The number of amides is 6. The van der Waals surface area contributed by atoms with E-state index < -0.39 is 51.9 Å². The summed E-state index contributed by atoms with van der Waals surface area (Å²) in [5, 5.41) is 13.9. The van der Waals surface area contributed by atoms with Gasteiger partial charge in [0.1, 0.15) is 24.8 Å². The number of rotatable bonds is 59.